The molecule has 16 heavy (non-hydrogen) atoms. The van der Waals surface area contributed by atoms with Crippen molar-refractivity contribution in [3.8, 4) is 0 Å². The van der Waals surface area contributed by atoms with Crippen LogP contribution < -0.4 is 0 Å². The molecule has 1 aromatic carbocycles. The largest absolute Gasteiger partial charge is 0.302 e. The van der Waals surface area contributed by atoms with Crippen LogP contribution in [0.15, 0.2) is 6.07 Å². The molecule has 1 rings (SSSR count). The van der Waals surface area contributed by atoms with E-state index < -0.39 is 51.2 Å². The Balaban J connectivity index is 3.13. The summed E-state index contributed by atoms with van der Waals surface area (Å²) < 4.78 is 83.3. The quantitative estimate of drug-likeness (QED) is 0.473. The first-order chi connectivity index (χ1) is 7.22. The molecule has 0 aliphatic rings. The Kier molecular flexibility index (Phi) is 3.51. The first-order valence-electron chi connectivity index (χ1n) is 3.96. The fourth-order valence-electron chi connectivity index (χ4n) is 1.07. The highest BCUT2D eigenvalue weighted by Gasteiger charge is 2.20. The molecular formula is C8H5F5O2S. The minimum atomic E-state index is -4.96. The van der Waals surface area contributed by atoms with Gasteiger partial charge in [-0.2, -0.15) is 8.42 Å². The number of hydrogen-bond acceptors (Lipinski definition) is 2. The summed E-state index contributed by atoms with van der Waals surface area (Å²) in [5.41, 5.74) is -1.13. The van der Waals surface area contributed by atoms with Gasteiger partial charge in [0.15, 0.2) is 23.3 Å². The fraction of sp³-hybridized carbons (Fsp3) is 0.250. The van der Waals surface area contributed by atoms with Gasteiger partial charge in [0.2, 0.25) is 0 Å². The van der Waals surface area contributed by atoms with E-state index in [1.54, 1.807) is 0 Å². The summed E-state index contributed by atoms with van der Waals surface area (Å²) in [5, 5.41) is 0. The second kappa shape index (κ2) is 4.36. The highest BCUT2D eigenvalue weighted by molar-refractivity contribution is 7.86. The Bertz CT molecular complexity index is 485. The summed E-state index contributed by atoms with van der Waals surface area (Å²) in [4.78, 5) is 0. The standard InChI is InChI=1S/C8H5F5O2S/c9-5-3-6(10)8(12)4(7(5)11)1-2-16(13,14)15/h3H,1-2H2. The van der Waals surface area contributed by atoms with Crippen LogP contribution in [0.1, 0.15) is 5.56 Å². The maximum absolute atomic E-state index is 12.9. The Labute approximate surface area is 87.9 Å². The zero-order valence-electron chi connectivity index (χ0n) is 7.61. The molecule has 0 saturated heterocycles. The molecule has 0 unspecified atom stereocenters. The van der Waals surface area contributed by atoms with E-state index in [1.165, 1.54) is 0 Å². The lowest BCUT2D eigenvalue weighted by molar-refractivity contribution is 0.440. The normalized spacial score (nSPS) is 11.8. The van der Waals surface area contributed by atoms with Gasteiger partial charge in [0.25, 0.3) is 0 Å². The molecule has 0 fully saturated rings. The van der Waals surface area contributed by atoms with Gasteiger partial charge in [0.05, 0.1) is 5.75 Å². The number of rotatable bonds is 3. The van der Waals surface area contributed by atoms with Crippen LogP contribution >= 0.6 is 0 Å². The molecule has 0 aliphatic heterocycles. The average Bonchev–Trinajstić information content (AvgIpc) is 2.13. The molecular weight excluding hydrogens is 255 g/mol. The molecule has 0 atom stereocenters. The number of hydrogen-bond donors (Lipinski definition) is 0. The molecule has 0 spiro atoms. The van der Waals surface area contributed by atoms with Crippen molar-refractivity contribution in [2.24, 2.45) is 0 Å². The van der Waals surface area contributed by atoms with Gasteiger partial charge in [0.1, 0.15) is 0 Å². The van der Waals surface area contributed by atoms with E-state index in [0.717, 1.165) is 0 Å². The number of halogens is 5. The van der Waals surface area contributed by atoms with Crippen LogP contribution in [0.2, 0.25) is 0 Å². The first-order valence-corrected chi connectivity index (χ1v) is 5.52. The lowest BCUT2D eigenvalue weighted by atomic mass is 10.1. The summed E-state index contributed by atoms with van der Waals surface area (Å²) in [6.07, 6.45) is -0.981. The monoisotopic (exact) mass is 260 g/mol. The summed E-state index contributed by atoms with van der Waals surface area (Å²) in [5.74, 6) is -8.01. The molecule has 0 radical (unpaired) electrons. The summed E-state index contributed by atoms with van der Waals surface area (Å²) in [7, 11) is -4.96. The van der Waals surface area contributed by atoms with Crippen molar-refractivity contribution in [3.63, 3.8) is 0 Å². The molecule has 90 valence electrons. The van der Waals surface area contributed by atoms with Gasteiger partial charge in [-0.3, -0.25) is 0 Å². The van der Waals surface area contributed by atoms with Crippen LogP contribution in [0.5, 0.6) is 0 Å². The van der Waals surface area contributed by atoms with E-state index in [1.807, 2.05) is 0 Å². The first kappa shape index (κ1) is 12.9. The van der Waals surface area contributed by atoms with Gasteiger partial charge in [-0.05, 0) is 6.42 Å². The Morgan fingerprint density at radius 2 is 1.44 bits per heavy atom. The topological polar surface area (TPSA) is 34.1 Å². The van der Waals surface area contributed by atoms with Crippen molar-refractivity contribution >= 4 is 10.2 Å². The van der Waals surface area contributed by atoms with E-state index in [0.29, 0.717) is 0 Å². The van der Waals surface area contributed by atoms with E-state index in [9.17, 15) is 29.9 Å². The van der Waals surface area contributed by atoms with Crippen LogP contribution in [-0.2, 0) is 16.6 Å². The molecule has 1 aromatic rings. The molecule has 0 N–H and O–H groups in total. The van der Waals surface area contributed by atoms with E-state index in [4.69, 9.17) is 0 Å². The van der Waals surface area contributed by atoms with Crippen LogP contribution in [0, 0.1) is 23.3 Å². The lowest BCUT2D eigenvalue weighted by Crippen LogP contribution is -2.08. The van der Waals surface area contributed by atoms with Crippen LogP contribution in [0.3, 0.4) is 0 Å². The molecule has 0 aromatic heterocycles. The van der Waals surface area contributed by atoms with Gasteiger partial charge >= 0.3 is 10.2 Å². The maximum Gasteiger partial charge on any atom is 0.302 e. The zero-order chi connectivity index (χ0) is 12.5. The van der Waals surface area contributed by atoms with Crippen molar-refractivity contribution in [1.82, 2.24) is 0 Å². The minimum Gasteiger partial charge on any atom is -0.204 e. The van der Waals surface area contributed by atoms with Crippen LogP contribution in [0.25, 0.3) is 0 Å². The third kappa shape index (κ3) is 2.91. The second-order valence-corrected chi connectivity index (χ2v) is 4.43. The summed E-state index contributed by atoms with van der Waals surface area (Å²) in [6.45, 7) is 0. The van der Waals surface area contributed by atoms with Gasteiger partial charge in [-0.1, -0.05) is 0 Å². The van der Waals surface area contributed by atoms with Crippen molar-refractivity contribution in [1.29, 1.82) is 0 Å². The SMILES string of the molecule is O=S(=O)(F)CCc1c(F)c(F)cc(F)c1F. The van der Waals surface area contributed by atoms with E-state index >= 15 is 0 Å². The average molecular weight is 260 g/mol. The zero-order valence-corrected chi connectivity index (χ0v) is 8.42. The maximum atomic E-state index is 12.9. The van der Waals surface area contributed by atoms with Crippen LogP contribution in [-0.4, -0.2) is 14.2 Å². The summed E-state index contributed by atoms with van der Waals surface area (Å²) in [6, 6.07) is -0.0158. The highest BCUT2D eigenvalue weighted by Crippen LogP contribution is 2.20. The van der Waals surface area contributed by atoms with E-state index in [-0.39, 0.29) is 6.07 Å². The highest BCUT2D eigenvalue weighted by atomic mass is 32.3. The van der Waals surface area contributed by atoms with Gasteiger partial charge in [-0.15, -0.1) is 3.89 Å². The van der Waals surface area contributed by atoms with Crippen molar-refractivity contribution in [3.05, 3.63) is 34.9 Å². The molecule has 0 saturated carbocycles. The molecule has 0 amide bonds. The molecule has 0 aliphatic carbocycles. The smallest absolute Gasteiger partial charge is 0.204 e. The lowest BCUT2D eigenvalue weighted by Gasteiger charge is -2.05. The Morgan fingerprint density at radius 3 is 1.81 bits per heavy atom. The van der Waals surface area contributed by atoms with E-state index in [2.05, 4.69) is 0 Å². The number of benzene rings is 1. The van der Waals surface area contributed by atoms with Gasteiger partial charge in [-0.25, -0.2) is 17.6 Å². The van der Waals surface area contributed by atoms with Crippen molar-refractivity contribution < 1.29 is 29.9 Å². The molecule has 0 bridgehead atoms. The molecule has 0 heterocycles. The predicted molar refractivity (Wildman–Crippen MR) is 44.9 cm³/mol. The molecule has 8 heteroatoms. The predicted octanol–water partition coefficient (Wildman–Crippen LogP) is 2.08. The minimum absolute atomic E-state index is 0.0158. The van der Waals surface area contributed by atoms with Crippen molar-refractivity contribution in [2.75, 3.05) is 5.75 Å². The van der Waals surface area contributed by atoms with Gasteiger partial charge in [0, 0.05) is 11.6 Å². The Morgan fingerprint density at radius 1 is 1.00 bits per heavy atom. The van der Waals surface area contributed by atoms with Crippen LogP contribution in [0.4, 0.5) is 21.4 Å². The third-order valence-corrected chi connectivity index (χ3v) is 2.49. The van der Waals surface area contributed by atoms with Crippen molar-refractivity contribution in [2.45, 2.75) is 6.42 Å². The summed E-state index contributed by atoms with van der Waals surface area (Å²) >= 11 is 0. The van der Waals surface area contributed by atoms with Gasteiger partial charge < -0.3 is 0 Å². The third-order valence-electron chi connectivity index (χ3n) is 1.80. The molecule has 2 nitrogen and oxygen atoms in total. The second-order valence-electron chi connectivity index (χ2n) is 2.94. The fourth-order valence-corrected chi connectivity index (χ4v) is 1.51. The Hall–Kier alpha value is -1.18.